The van der Waals surface area contributed by atoms with Crippen molar-refractivity contribution in [2.75, 3.05) is 17.2 Å². The van der Waals surface area contributed by atoms with Crippen LogP contribution in [0, 0.1) is 17.6 Å². The Balaban J connectivity index is 1.51. The predicted molar refractivity (Wildman–Crippen MR) is 123 cm³/mol. The van der Waals surface area contributed by atoms with Gasteiger partial charge in [-0.1, -0.05) is 6.07 Å². The Morgan fingerprint density at radius 2 is 1.86 bits per heavy atom. The van der Waals surface area contributed by atoms with Crippen LogP contribution in [0.3, 0.4) is 0 Å². The number of imidazole rings is 1. The number of hydrogen-bond donors (Lipinski definition) is 3. The largest absolute Gasteiger partial charge is 0.369 e. The summed E-state index contributed by atoms with van der Waals surface area (Å²) < 4.78 is 49.2. The number of halogens is 3. The van der Waals surface area contributed by atoms with Gasteiger partial charge in [0.1, 0.15) is 22.8 Å². The van der Waals surface area contributed by atoms with E-state index in [1.165, 1.54) is 12.3 Å². The molecular weight excluding hydrogens is 463 g/mol. The summed E-state index contributed by atoms with van der Waals surface area (Å²) in [7, 11) is 0. The molecule has 4 N–H and O–H groups in total. The molecule has 1 amide bonds. The summed E-state index contributed by atoms with van der Waals surface area (Å²) in [4.78, 5) is 25.1. The molecule has 3 heterocycles. The van der Waals surface area contributed by atoms with Gasteiger partial charge in [0.05, 0.1) is 12.8 Å². The molecule has 2 aromatic heterocycles. The molecule has 12 heteroatoms. The van der Waals surface area contributed by atoms with Crippen molar-refractivity contribution in [2.45, 2.75) is 57.0 Å². The maximum absolute atomic E-state index is 14.4. The number of amides is 1. The van der Waals surface area contributed by atoms with Crippen LogP contribution in [-0.4, -0.2) is 44.4 Å². The third-order valence-corrected chi connectivity index (χ3v) is 6.66. The Kier molecular flexibility index (Phi) is 6.46. The number of nitrogens with two attached hydrogens (primary N) is 1. The molecule has 1 saturated carbocycles. The summed E-state index contributed by atoms with van der Waals surface area (Å²) in [5.41, 5.74) is 6.06. The monoisotopic (exact) mass is 489 g/mol. The molecule has 2 aliphatic rings. The minimum Gasteiger partial charge on any atom is -0.369 e. The van der Waals surface area contributed by atoms with Crippen LogP contribution < -0.4 is 16.4 Å². The molecule has 1 aliphatic heterocycles. The topological polar surface area (TPSA) is 120 Å². The summed E-state index contributed by atoms with van der Waals surface area (Å²) in [6.45, 7) is 0.296. The third kappa shape index (κ3) is 4.88. The van der Waals surface area contributed by atoms with Crippen molar-refractivity contribution < 1.29 is 22.7 Å². The molecule has 0 spiro atoms. The lowest BCUT2D eigenvalue weighted by molar-refractivity contribution is -0.122. The van der Waals surface area contributed by atoms with E-state index in [1.54, 1.807) is 4.57 Å². The highest BCUT2D eigenvalue weighted by Gasteiger charge is 2.30. The Hall–Kier alpha value is -3.41. The SMILES string of the molecule is NC(=O)C1CCC(n2c(Nc3c(F)cccc3F)nc3cnc(N[C@@H]4CCO[C@H](F)C4)nc32)CC1. The van der Waals surface area contributed by atoms with E-state index in [0.29, 0.717) is 55.8 Å². The number of alkyl halides is 1. The Morgan fingerprint density at radius 1 is 1.11 bits per heavy atom. The maximum Gasteiger partial charge on any atom is 0.224 e. The summed E-state index contributed by atoms with van der Waals surface area (Å²) in [5, 5.41) is 5.94. The zero-order chi connectivity index (χ0) is 24.5. The molecule has 5 rings (SSSR count). The first kappa shape index (κ1) is 23.3. The number of aromatic nitrogens is 4. The highest BCUT2D eigenvalue weighted by Crippen LogP contribution is 2.37. The fourth-order valence-electron chi connectivity index (χ4n) is 4.80. The molecule has 35 heavy (non-hydrogen) atoms. The highest BCUT2D eigenvalue weighted by atomic mass is 19.1. The van der Waals surface area contributed by atoms with Crippen LogP contribution >= 0.6 is 0 Å². The molecule has 0 unspecified atom stereocenters. The molecule has 2 fully saturated rings. The number of benzene rings is 1. The van der Waals surface area contributed by atoms with E-state index in [9.17, 15) is 18.0 Å². The van der Waals surface area contributed by atoms with Crippen LogP contribution in [0.25, 0.3) is 11.2 Å². The van der Waals surface area contributed by atoms with Gasteiger partial charge in [-0.25, -0.2) is 23.1 Å². The average Bonchev–Trinajstić information content (AvgIpc) is 3.19. The van der Waals surface area contributed by atoms with Crippen LogP contribution in [-0.2, 0) is 9.53 Å². The smallest absolute Gasteiger partial charge is 0.224 e. The number of carbonyl (C=O) groups excluding carboxylic acids is 1. The minimum atomic E-state index is -1.34. The summed E-state index contributed by atoms with van der Waals surface area (Å²) in [6.07, 6.45) is 3.36. The number of carbonyl (C=O) groups is 1. The zero-order valence-electron chi connectivity index (χ0n) is 18.9. The van der Waals surface area contributed by atoms with Crippen molar-refractivity contribution >= 4 is 34.7 Å². The number of ether oxygens (including phenoxy) is 1. The van der Waals surface area contributed by atoms with Crippen LogP contribution in [0.4, 0.5) is 30.8 Å². The van der Waals surface area contributed by atoms with Crippen LogP contribution in [0.15, 0.2) is 24.4 Å². The van der Waals surface area contributed by atoms with Gasteiger partial charge in [0.2, 0.25) is 24.2 Å². The maximum atomic E-state index is 14.4. The number of hydrogen-bond acceptors (Lipinski definition) is 7. The number of rotatable bonds is 6. The van der Waals surface area contributed by atoms with Gasteiger partial charge in [-0.05, 0) is 44.2 Å². The van der Waals surface area contributed by atoms with E-state index >= 15 is 0 Å². The van der Waals surface area contributed by atoms with Crippen molar-refractivity contribution in [3.05, 3.63) is 36.0 Å². The number of nitrogens with one attached hydrogen (secondary N) is 2. The molecule has 9 nitrogen and oxygen atoms in total. The second-order valence-corrected chi connectivity index (χ2v) is 8.98. The molecule has 1 aromatic carbocycles. The third-order valence-electron chi connectivity index (χ3n) is 6.66. The van der Waals surface area contributed by atoms with Gasteiger partial charge >= 0.3 is 0 Å². The quantitative estimate of drug-likeness (QED) is 0.480. The Bertz CT molecular complexity index is 1210. The van der Waals surface area contributed by atoms with Crippen LogP contribution in [0.1, 0.15) is 44.6 Å². The lowest BCUT2D eigenvalue weighted by atomic mass is 9.85. The fourth-order valence-corrected chi connectivity index (χ4v) is 4.80. The molecule has 0 bridgehead atoms. The van der Waals surface area contributed by atoms with Crippen molar-refractivity contribution in [1.29, 1.82) is 0 Å². The second kappa shape index (κ2) is 9.68. The first-order valence-electron chi connectivity index (χ1n) is 11.7. The van der Waals surface area contributed by atoms with E-state index in [0.717, 1.165) is 12.1 Å². The standard InChI is InChI=1S/C23H26F3N7O2/c24-15-2-1-3-16(25)19(15)31-23-30-17-11-28-22(29-13-8-9-35-18(26)10-13)32-21(17)33(23)14-6-4-12(5-7-14)20(27)34/h1-3,11-14,18H,4-10H2,(H2,27,34)(H,30,31)(H,28,29,32)/t12?,13-,14?,18+/m1/s1. The summed E-state index contributed by atoms with van der Waals surface area (Å²) >= 11 is 0. The molecule has 0 radical (unpaired) electrons. The van der Waals surface area contributed by atoms with E-state index < -0.39 is 18.0 Å². The highest BCUT2D eigenvalue weighted by molar-refractivity contribution is 5.78. The van der Waals surface area contributed by atoms with Crippen molar-refractivity contribution in [2.24, 2.45) is 11.7 Å². The van der Waals surface area contributed by atoms with Gasteiger partial charge in [-0.3, -0.25) is 9.36 Å². The van der Waals surface area contributed by atoms with Gasteiger partial charge in [-0.2, -0.15) is 4.98 Å². The van der Waals surface area contributed by atoms with Crippen LogP contribution in [0.2, 0.25) is 0 Å². The number of anilines is 3. The molecule has 2 atom stereocenters. The van der Waals surface area contributed by atoms with Gasteiger partial charge in [-0.15, -0.1) is 0 Å². The second-order valence-electron chi connectivity index (χ2n) is 8.98. The molecular formula is C23H26F3N7O2. The minimum absolute atomic E-state index is 0.131. The van der Waals surface area contributed by atoms with Gasteiger partial charge in [0.25, 0.3) is 0 Å². The average molecular weight is 490 g/mol. The number of primary amides is 1. The zero-order valence-corrected chi connectivity index (χ0v) is 18.9. The number of fused-ring (bicyclic) bond motifs is 1. The Labute approximate surface area is 199 Å². The van der Waals surface area contributed by atoms with Crippen molar-refractivity contribution in [3.8, 4) is 0 Å². The molecule has 1 aliphatic carbocycles. The van der Waals surface area contributed by atoms with E-state index in [1.807, 2.05) is 0 Å². The lowest BCUT2D eigenvalue weighted by Gasteiger charge is -2.29. The van der Waals surface area contributed by atoms with Gasteiger partial charge < -0.3 is 21.1 Å². The predicted octanol–water partition coefficient (Wildman–Crippen LogP) is 3.95. The van der Waals surface area contributed by atoms with E-state index in [-0.39, 0.29) is 42.0 Å². The Morgan fingerprint density at radius 3 is 2.54 bits per heavy atom. The van der Waals surface area contributed by atoms with Crippen LogP contribution in [0.5, 0.6) is 0 Å². The lowest BCUT2D eigenvalue weighted by Crippen LogP contribution is -2.32. The van der Waals surface area contributed by atoms with E-state index in [4.69, 9.17) is 10.5 Å². The van der Waals surface area contributed by atoms with Crippen molar-refractivity contribution in [1.82, 2.24) is 19.5 Å². The fraction of sp³-hybridized carbons (Fsp3) is 0.478. The molecule has 1 saturated heterocycles. The number of para-hydroxylation sites is 1. The molecule has 3 aromatic rings. The van der Waals surface area contributed by atoms with Gasteiger partial charge in [0.15, 0.2) is 5.65 Å². The first-order chi connectivity index (χ1) is 16.9. The van der Waals surface area contributed by atoms with Crippen molar-refractivity contribution in [3.63, 3.8) is 0 Å². The number of nitrogens with zero attached hydrogens (tertiary/aromatic N) is 4. The summed E-state index contributed by atoms with van der Waals surface area (Å²) in [5.74, 6) is -1.54. The van der Waals surface area contributed by atoms with Gasteiger partial charge in [0, 0.05) is 24.4 Å². The van der Waals surface area contributed by atoms with E-state index in [2.05, 4.69) is 25.6 Å². The molecule has 186 valence electrons. The normalized spacial score (nSPS) is 24.9. The first-order valence-corrected chi connectivity index (χ1v) is 11.7. The summed E-state index contributed by atoms with van der Waals surface area (Å²) in [6, 6.07) is 3.28.